The summed E-state index contributed by atoms with van der Waals surface area (Å²) in [4.78, 5) is 56.1. The summed E-state index contributed by atoms with van der Waals surface area (Å²) in [5.41, 5.74) is 1.16. The summed E-state index contributed by atoms with van der Waals surface area (Å²) in [6, 6.07) is 2.96. The lowest BCUT2D eigenvalue weighted by atomic mass is 10.00. The molecule has 0 aliphatic carbocycles. The predicted molar refractivity (Wildman–Crippen MR) is 132 cm³/mol. The molecule has 12 heteroatoms. The average Bonchev–Trinajstić information content (AvgIpc) is 3.24. The molecule has 1 aliphatic heterocycles. The monoisotopic (exact) mass is 515 g/mol. The number of aryl methyl sites for hydroxylation is 1. The zero-order valence-corrected chi connectivity index (χ0v) is 21.4. The first-order chi connectivity index (χ1) is 17.6. The van der Waals surface area contributed by atoms with E-state index in [1.54, 1.807) is 39.0 Å². The standard InChI is InChI=1S/C25H33N5O7/c1-14(2)23(24(35)27-18(12-22(33)34)19(31)13-30-8-5-9-30)28-21(32)11-17-10-16(6-7-20(17)36-4)25-26-15(3)29-37-25/h6-7,10,14,18,23H,5,8-9,11-13H2,1-4H3,(H,27,35)(H,28,32)(H,33,34)/t18?,23-/m0/s1. The fourth-order valence-corrected chi connectivity index (χ4v) is 3.95. The number of carboxylic acids is 1. The number of ketones is 1. The van der Waals surface area contributed by atoms with Gasteiger partial charge >= 0.3 is 5.97 Å². The second-order valence-electron chi connectivity index (χ2n) is 9.39. The lowest BCUT2D eigenvalue weighted by Gasteiger charge is -2.31. The van der Waals surface area contributed by atoms with Crippen LogP contribution in [0.3, 0.4) is 0 Å². The van der Waals surface area contributed by atoms with E-state index in [1.807, 2.05) is 4.90 Å². The third kappa shape index (κ3) is 7.59. The molecule has 0 spiro atoms. The average molecular weight is 516 g/mol. The molecule has 200 valence electrons. The molecule has 1 unspecified atom stereocenters. The number of likely N-dealkylation sites (tertiary alicyclic amines) is 1. The van der Waals surface area contributed by atoms with Gasteiger partial charge in [-0.25, -0.2) is 0 Å². The van der Waals surface area contributed by atoms with Gasteiger partial charge in [0.1, 0.15) is 11.8 Å². The number of ether oxygens (including phenoxy) is 1. The number of amides is 2. The predicted octanol–water partition coefficient (Wildman–Crippen LogP) is 0.971. The van der Waals surface area contributed by atoms with Crippen molar-refractivity contribution in [3.05, 3.63) is 29.6 Å². The number of aromatic nitrogens is 2. The van der Waals surface area contributed by atoms with Crippen LogP contribution < -0.4 is 15.4 Å². The SMILES string of the molecule is COc1ccc(-c2nc(C)no2)cc1CC(=O)N[C@H](C(=O)NC(CC(=O)O)C(=O)CN1CCC1)C(C)C. The minimum atomic E-state index is -1.20. The number of benzene rings is 1. The Bertz CT molecular complexity index is 1140. The molecule has 0 saturated carbocycles. The van der Waals surface area contributed by atoms with Gasteiger partial charge in [-0.15, -0.1) is 0 Å². The topological polar surface area (TPSA) is 164 Å². The molecule has 1 aliphatic rings. The zero-order chi connectivity index (χ0) is 27.1. The Labute approximate surface area is 214 Å². The molecule has 0 radical (unpaired) electrons. The smallest absolute Gasteiger partial charge is 0.305 e. The van der Waals surface area contributed by atoms with Crippen molar-refractivity contribution in [1.29, 1.82) is 0 Å². The molecule has 12 nitrogen and oxygen atoms in total. The number of rotatable bonds is 13. The number of carboxylic acid groups (broad SMARTS) is 1. The van der Waals surface area contributed by atoms with Gasteiger partial charge in [0.2, 0.25) is 11.8 Å². The third-order valence-corrected chi connectivity index (χ3v) is 6.08. The Hall–Kier alpha value is -3.80. The quantitative estimate of drug-likeness (QED) is 0.350. The van der Waals surface area contributed by atoms with Crippen LogP contribution in [-0.4, -0.2) is 82.5 Å². The van der Waals surface area contributed by atoms with E-state index >= 15 is 0 Å². The number of aliphatic carboxylic acids is 1. The lowest BCUT2D eigenvalue weighted by molar-refractivity contribution is -0.141. The highest BCUT2D eigenvalue weighted by molar-refractivity contribution is 5.95. The maximum atomic E-state index is 13.1. The van der Waals surface area contributed by atoms with Gasteiger partial charge in [-0.1, -0.05) is 19.0 Å². The third-order valence-electron chi connectivity index (χ3n) is 6.08. The van der Waals surface area contributed by atoms with Crippen LogP contribution >= 0.6 is 0 Å². The van der Waals surface area contributed by atoms with E-state index in [0.717, 1.165) is 19.5 Å². The first-order valence-electron chi connectivity index (χ1n) is 12.1. The molecule has 2 atom stereocenters. The summed E-state index contributed by atoms with van der Waals surface area (Å²) in [5.74, 6) is -1.72. The van der Waals surface area contributed by atoms with Crippen LogP contribution in [0.15, 0.2) is 22.7 Å². The molecule has 3 rings (SSSR count). The number of methoxy groups -OCH3 is 1. The van der Waals surface area contributed by atoms with Gasteiger partial charge in [0.05, 0.1) is 32.5 Å². The number of carbonyl (C=O) groups excluding carboxylic acids is 3. The zero-order valence-electron chi connectivity index (χ0n) is 21.4. The summed E-state index contributed by atoms with van der Waals surface area (Å²) in [6.45, 7) is 6.80. The molecular formula is C25H33N5O7. The van der Waals surface area contributed by atoms with Crippen LogP contribution in [0.5, 0.6) is 5.75 Å². The Morgan fingerprint density at radius 2 is 1.92 bits per heavy atom. The van der Waals surface area contributed by atoms with Crippen molar-refractivity contribution in [2.45, 2.75) is 52.1 Å². The van der Waals surface area contributed by atoms with E-state index in [4.69, 9.17) is 9.26 Å². The Morgan fingerprint density at radius 1 is 1.19 bits per heavy atom. The van der Waals surface area contributed by atoms with E-state index in [2.05, 4.69) is 20.8 Å². The van der Waals surface area contributed by atoms with Gasteiger partial charge in [0.15, 0.2) is 11.6 Å². The molecule has 2 heterocycles. The highest BCUT2D eigenvalue weighted by Crippen LogP contribution is 2.26. The van der Waals surface area contributed by atoms with Crippen LogP contribution in [0.25, 0.3) is 11.5 Å². The Morgan fingerprint density at radius 3 is 2.46 bits per heavy atom. The van der Waals surface area contributed by atoms with Gasteiger partial charge in [-0.05, 0) is 50.6 Å². The van der Waals surface area contributed by atoms with E-state index in [0.29, 0.717) is 28.6 Å². The maximum absolute atomic E-state index is 13.1. The normalized spacial score (nSPS) is 14.9. The second-order valence-corrected chi connectivity index (χ2v) is 9.39. The molecular weight excluding hydrogens is 482 g/mol. The summed E-state index contributed by atoms with van der Waals surface area (Å²) < 4.78 is 10.6. The van der Waals surface area contributed by atoms with E-state index in [9.17, 15) is 24.3 Å². The first-order valence-corrected chi connectivity index (χ1v) is 12.1. The summed E-state index contributed by atoms with van der Waals surface area (Å²) in [7, 11) is 1.48. The molecule has 2 aromatic rings. The molecule has 0 bridgehead atoms. The second kappa shape index (κ2) is 12.4. The first kappa shape index (κ1) is 27.8. The van der Waals surface area contributed by atoms with Crippen molar-refractivity contribution in [3.8, 4) is 17.2 Å². The van der Waals surface area contributed by atoms with Crippen molar-refractivity contribution in [2.24, 2.45) is 5.92 Å². The van der Waals surface area contributed by atoms with Gasteiger partial charge in [0.25, 0.3) is 5.89 Å². The molecule has 1 aromatic heterocycles. The van der Waals surface area contributed by atoms with Crippen LogP contribution in [0.1, 0.15) is 38.1 Å². The van der Waals surface area contributed by atoms with Gasteiger partial charge in [-0.3, -0.25) is 24.1 Å². The van der Waals surface area contributed by atoms with Crippen molar-refractivity contribution in [2.75, 3.05) is 26.7 Å². The molecule has 37 heavy (non-hydrogen) atoms. The number of nitrogens with zero attached hydrogens (tertiary/aromatic N) is 3. The van der Waals surface area contributed by atoms with Gasteiger partial charge < -0.3 is 25.0 Å². The highest BCUT2D eigenvalue weighted by atomic mass is 16.5. The fraction of sp³-hybridized carbons (Fsp3) is 0.520. The number of nitrogens with one attached hydrogen (secondary N) is 2. The fourth-order valence-electron chi connectivity index (χ4n) is 3.95. The minimum Gasteiger partial charge on any atom is -0.496 e. The molecule has 1 fully saturated rings. The van der Waals surface area contributed by atoms with Gasteiger partial charge in [-0.2, -0.15) is 4.98 Å². The minimum absolute atomic E-state index is 0.0760. The largest absolute Gasteiger partial charge is 0.496 e. The summed E-state index contributed by atoms with van der Waals surface area (Å²) >= 11 is 0. The summed E-state index contributed by atoms with van der Waals surface area (Å²) in [6.07, 6.45) is 0.344. The van der Waals surface area contributed by atoms with E-state index < -0.39 is 36.3 Å². The molecule has 1 aromatic carbocycles. The maximum Gasteiger partial charge on any atom is 0.305 e. The highest BCUT2D eigenvalue weighted by Gasteiger charge is 2.31. The molecule has 2 amide bonds. The molecule has 1 saturated heterocycles. The molecule has 3 N–H and O–H groups in total. The van der Waals surface area contributed by atoms with E-state index in [1.165, 1.54) is 7.11 Å². The van der Waals surface area contributed by atoms with Crippen molar-refractivity contribution in [3.63, 3.8) is 0 Å². The number of hydrogen-bond acceptors (Lipinski definition) is 9. The Balaban J connectivity index is 1.70. The van der Waals surface area contributed by atoms with Crippen molar-refractivity contribution in [1.82, 2.24) is 25.7 Å². The van der Waals surface area contributed by atoms with Crippen LogP contribution in [0.2, 0.25) is 0 Å². The number of hydrogen-bond donors (Lipinski definition) is 3. The van der Waals surface area contributed by atoms with Gasteiger partial charge in [0, 0.05) is 11.1 Å². The van der Waals surface area contributed by atoms with Crippen LogP contribution in [-0.2, 0) is 25.6 Å². The Kier molecular flexibility index (Phi) is 9.34. The number of carbonyl (C=O) groups is 4. The van der Waals surface area contributed by atoms with Crippen LogP contribution in [0, 0.1) is 12.8 Å². The van der Waals surface area contributed by atoms with Crippen LogP contribution in [0.4, 0.5) is 0 Å². The van der Waals surface area contributed by atoms with E-state index in [-0.39, 0.29) is 24.7 Å². The number of Topliss-reactive ketones (excluding diaryl/α,β-unsaturated/α-hetero) is 1. The lowest BCUT2D eigenvalue weighted by Crippen LogP contribution is -2.56. The summed E-state index contributed by atoms with van der Waals surface area (Å²) in [5, 5.41) is 18.3. The van der Waals surface area contributed by atoms with Crippen molar-refractivity contribution < 1.29 is 33.5 Å². The van der Waals surface area contributed by atoms with Crippen molar-refractivity contribution >= 4 is 23.6 Å².